The number of benzene rings is 2. The number of hydrogen-bond donors (Lipinski definition) is 1. The van der Waals surface area contributed by atoms with Crippen molar-refractivity contribution in [3.05, 3.63) is 64.7 Å². The first-order valence-electron chi connectivity index (χ1n) is 7.03. The molecule has 2 aromatic rings. The van der Waals surface area contributed by atoms with Crippen LogP contribution in [-0.4, -0.2) is 12.6 Å². The van der Waals surface area contributed by atoms with Crippen molar-refractivity contribution < 1.29 is 22.7 Å². The van der Waals surface area contributed by atoms with E-state index in [-0.39, 0.29) is 13.0 Å². The second kappa shape index (κ2) is 6.73. The van der Waals surface area contributed by atoms with Crippen LogP contribution >= 0.6 is 0 Å². The fraction of sp³-hybridized carbons (Fsp3) is 0.235. The van der Waals surface area contributed by atoms with Gasteiger partial charge in [-0.05, 0) is 48.7 Å². The molecule has 0 unspecified atom stereocenters. The summed E-state index contributed by atoms with van der Waals surface area (Å²) in [5.74, 6) is -0.488. The average Bonchev–Trinajstić information content (AvgIpc) is 2.49. The van der Waals surface area contributed by atoms with E-state index in [0.717, 1.165) is 12.1 Å². The van der Waals surface area contributed by atoms with Crippen LogP contribution in [0.3, 0.4) is 0 Å². The van der Waals surface area contributed by atoms with Crippen molar-refractivity contribution in [3.63, 3.8) is 0 Å². The van der Waals surface area contributed by atoms with Crippen LogP contribution in [0.1, 0.15) is 34.0 Å². The third kappa shape index (κ3) is 4.25. The highest BCUT2D eigenvalue weighted by Crippen LogP contribution is 2.30. The van der Waals surface area contributed by atoms with Crippen LogP contribution in [-0.2, 0) is 17.3 Å². The average molecular weight is 323 g/mol. The van der Waals surface area contributed by atoms with Crippen molar-refractivity contribution in [2.75, 3.05) is 12.3 Å². The van der Waals surface area contributed by atoms with Gasteiger partial charge in [-0.1, -0.05) is 18.2 Å². The van der Waals surface area contributed by atoms with Crippen LogP contribution in [0, 0.1) is 0 Å². The van der Waals surface area contributed by atoms with Crippen LogP contribution in [0.25, 0.3) is 0 Å². The van der Waals surface area contributed by atoms with Crippen LogP contribution in [0.15, 0.2) is 42.5 Å². The number of ether oxygens (including phenoxy) is 1. The predicted molar refractivity (Wildman–Crippen MR) is 81.1 cm³/mol. The monoisotopic (exact) mass is 323 g/mol. The summed E-state index contributed by atoms with van der Waals surface area (Å²) >= 11 is 0. The highest BCUT2D eigenvalue weighted by atomic mass is 19.4. The molecule has 0 aromatic heterocycles. The van der Waals surface area contributed by atoms with Gasteiger partial charge < -0.3 is 10.5 Å². The first kappa shape index (κ1) is 16.9. The largest absolute Gasteiger partial charge is 0.462 e. The lowest BCUT2D eigenvalue weighted by atomic mass is 9.99. The standard InChI is InChI=1S/C17H16F3NO2/c1-2-23-16(22)12-6-7-15(21)13(10-12)8-11-4-3-5-14(9-11)17(18,19)20/h3-7,9-10H,2,8,21H2,1H3. The molecule has 122 valence electrons. The molecule has 2 aromatic carbocycles. The number of esters is 1. The number of rotatable bonds is 4. The van der Waals surface area contributed by atoms with E-state index in [9.17, 15) is 18.0 Å². The minimum absolute atomic E-state index is 0.197. The maximum atomic E-state index is 12.8. The van der Waals surface area contributed by atoms with Crippen molar-refractivity contribution in [1.29, 1.82) is 0 Å². The lowest BCUT2D eigenvalue weighted by Gasteiger charge is -2.11. The molecule has 23 heavy (non-hydrogen) atoms. The molecule has 0 radical (unpaired) electrons. The molecular formula is C17H16F3NO2. The zero-order chi connectivity index (χ0) is 17.0. The minimum Gasteiger partial charge on any atom is -0.462 e. The zero-order valence-electron chi connectivity index (χ0n) is 12.5. The molecule has 0 atom stereocenters. The maximum absolute atomic E-state index is 12.8. The van der Waals surface area contributed by atoms with Gasteiger partial charge in [0.25, 0.3) is 0 Å². The van der Waals surface area contributed by atoms with E-state index in [4.69, 9.17) is 10.5 Å². The number of carbonyl (C=O) groups is 1. The Bertz CT molecular complexity index is 711. The lowest BCUT2D eigenvalue weighted by molar-refractivity contribution is -0.137. The van der Waals surface area contributed by atoms with Crippen LogP contribution < -0.4 is 5.73 Å². The van der Waals surface area contributed by atoms with Crippen molar-refractivity contribution >= 4 is 11.7 Å². The fourth-order valence-corrected chi connectivity index (χ4v) is 2.18. The number of anilines is 1. The Morgan fingerprint density at radius 2 is 1.91 bits per heavy atom. The van der Waals surface area contributed by atoms with E-state index < -0.39 is 17.7 Å². The van der Waals surface area contributed by atoms with Crippen LogP contribution in [0.2, 0.25) is 0 Å². The Morgan fingerprint density at radius 1 is 1.17 bits per heavy atom. The summed E-state index contributed by atoms with van der Waals surface area (Å²) in [4.78, 5) is 11.7. The third-order valence-corrected chi connectivity index (χ3v) is 3.30. The molecule has 0 fully saturated rings. The molecular weight excluding hydrogens is 307 g/mol. The summed E-state index contributed by atoms with van der Waals surface area (Å²) in [7, 11) is 0. The molecule has 6 heteroatoms. The summed E-state index contributed by atoms with van der Waals surface area (Å²) in [6.45, 7) is 1.94. The van der Waals surface area contributed by atoms with E-state index in [1.165, 1.54) is 12.1 Å². The molecule has 0 heterocycles. The van der Waals surface area contributed by atoms with Gasteiger partial charge in [0.2, 0.25) is 0 Å². The minimum atomic E-state index is -4.39. The van der Waals surface area contributed by atoms with Crippen molar-refractivity contribution in [3.8, 4) is 0 Å². The quantitative estimate of drug-likeness (QED) is 0.682. The second-order valence-electron chi connectivity index (χ2n) is 5.01. The molecule has 0 bridgehead atoms. The second-order valence-corrected chi connectivity index (χ2v) is 5.01. The van der Waals surface area contributed by atoms with Gasteiger partial charge >= 0.3 is 12.1 Å². The molecule has 0 aliphatic rings. The zero-order valence-corrected chi connectivity index (χ0v) is 12.5. The van der Waals surface area contributed by atoms with E-state index in [1.807, 2.05) is 0 Å². The number of carbonyl (C=O) groups excluding carboxylic acids is 1. The highest BCUT2D eigenvalue weighted by Gasteiger charge is 2.30. The number of hydrogen-bond acceptors (Lipinski definition) is 3. The molecule has 0 saturated heterocycles. The van der Waals surface area contributed by atoms with Crippen LogP contribution in [0.4, 0.5) is 18.9 Å². The van der Waals surface area contributed by atoms with Crippen LogP contribution in [0.5, 0.6) is 0 Å². The SMILES string of the molecule is CCOC(=O)c1ccc(N)c(Cc2cccc(C(F)(F)F)c2)c1. The van der Waals surface area contributed by atoms with Crippen molar-refractivity contribution in [2.45, 2.75) is 19.5 Å². The molecule has 0 spiro atoms. The molecule has 0 aliphatic heterocycles. The Hall–Kier alpha value is -2.50. The van der Waals surface area contributed by atoms with Gasteiger partial charge in [0.15, 0.2) is 0 Å². The normalized spacial score (nSPS) is 11.3. The number of alkyl halides is 3. The van der Waals surface area contributed by atoms with Gasteiger partial charge in [0, 0.05) is 5.69 Å². The van der Waals surface area contributed by atoms with E-state index in [0.29, 0.717) is 22.4 Å². The van der Waals surface area contributed by atoms with Gasteiger partial charge in [-0.2, -0.15) is 13.2 Å². The highest BCUT2D eigenvalue weighted by molar-refractivity contribution is 5.90. The summed E-state index contributed by atoms with van der Waals surface area (Å²) in [5, 5.41) is 0. The first-order valence-corrected chi connectivity index (χ1v) is 7.03. The molecule has 2 N–H and O–H groups in total. The summed E-state index contributed by atoms with van der Waals surface area (Å²) < 4.78 is 43.2. The van der Waals surface area contributed by atoms with Gasteiger partial charge in [0.05, 0.1) is 17.7 Å². The summed E-state index contributed by atoms with van der Waals surface area (Å²) in [6, 6.07) is 9.67. The topological polar surface area (TPSA) is 52.3 Å². The summed E-state index contributed by atoms with van der Waals surface area (Å²) in [5.41, 5.74) is 6.93. The molecule has 0 saturated carbocycles. The predicted octanol–water partition coefficient (Wildman–Crippen LogP) is 4.06. The lowest BCUT2D eigenvalue weighted by Crippen LogP contribution is -2.07. The Balaban J connectivity index is 2.29. The van der Waals surface area contributed by atoms with Gasteiger partial charge in [-0.15, -0.1) is 0 Å². The van der Waals surface area contributed by atoms with E-state index in [1.54, 1.807) is 25.1 Å². The third-order valence-electron chi connectivity index (χ3n) is 3.30. The van der Waals surface area contributed by atoms with Gasteiger partial charge in [-0.3, -0.25) is 0 Å². The van der Waals surface area contributed by atoms with E-state index in [2.05, 4.69) is 0 Å². The Labute approximate surface area is 131 Å². The maximum Gasteiger partial charge on any atom is 0.416 e. The molecule has 3 nitrogen and oxygen atoms in total. The summed E-state index contributed by atoms with van der Waals surface area (Å²) in [6.07, 6.45) is -4.20. The molecule has 2 rings (SSSR count). The smallest absolute Gasteiger partial charge is 0.416 e. The van der Waals surface area contributed by atoms with Crippen molar-refractivity contribution in [1.82, 2.24) is 0 Å². The van der Waals surface area contributed by atoms with Crippen molar-refractivity contribution in [2.24, 2.45) is 0 Å². The Morgan fingerprint density at radius 3 is 2.57 bits per heavy atom. The fourth-order valence-electron chi connectivity index (χ4n) is 2.18. The number of nitrogen functional groups attached to an aromatic ring is 1. The van der Waals surface area contributed by atoms with E-state index >= 15 is 0 Å². The number of halogens is 3. The van der Waals surface area contributed by atoms with Gasteiger partial charge in [0.1, 0.15) is 0 Å². The van der Waals surface area contributed by atoms with Gasteiger partial charge in [-0.25, -0.2) is 4.79 Å². The molecule has 0 amide bonds. The molecule has 0 aliphatic carbocycles. The first-order chi connectivity index (χ1) is 10.8. The Kier molecular flexibility index (Phi) is 4.93. The number of nitrogens with two attached hydrogens (primary N) is 1.